The van der Waals surface area contributed by atoms with Crippen molar-refractivity contribution in [3.05, 3.63) is 94.0 Å². The third-order valence-electron chi connectivity index (χ3n) is 7.49. The molecule has 2 aromatic heterocycles. The maximum Gasteiger partial charge on any atom is 0.270 e. The fraction of sp³-hybridized carbons (Fsp3) is 0.258. The summed E-state index contributed by atoms with van der Waals surface area (Å²) >= 11 is 0. The van der Waals surface area contributed by atoms with Crippen LogP contribution in [-0.4, -0.2) is 78.1 Å². The Labute approximate surface area is 251 Å². The van der Waals surface area contributed by atoms with Crippen LogP contribution < -0.4 is 35.1 Å². The number of likely N-dealkylation sites (tertiary alicyclic amines) is 1. The summed E-state index contributed by atoms with van der Waals surface area (Å²) in [4.78, 5) is 58.5. The van der Waals surface area contributed by atoms with Gasteiger partial charge in [-0.2, -0.15) is 0 Å². The zero-order valence-electron chi connectivity index (χ0n) is 23.9. The molecule has 3 amide bonds. The molecule has 2 atom stereocenters. The largest absolute Gasteiger partial charge is 0.493 e. The number of nitrogens with zero attached hydrogens (tertiary/aromatic N) is 3. The van der Waals surface area contributed by atoms with E-state index >= 15 is 0 Å². The predicted octanol–water partition coefficient (Wildman–Crippen LogP) is 1.42. The summed E-state index contributed by atoms with van der Waals surface area (Å²) in [6.45, 7) is 0.0357. The number of carbonyl (C=O) groups is 3. The second kappa shape index (κ2) is 12.0. The van der Waals surface area contributed by atoms with Gasteiger partial charge in [0.25, 0.3) is 23.3 Å². The summed E-state index contributed by atoms with van der Waals surface area (Å²) in [6, 6.07) is 14.2. The highest BCUT2D eigenvalue weighted by molar-refractivity contribution is 5.96. The Morgan fingerprint density at radius 3 is 2.64 bits per heavy atom. The smallest absolute Gasteiger partial charge is 0.270 e. The second-order valence-corrected chi connectivity index (χ2v) is 10.3. The molecular formula is C31H29N5O8. The number of pyridine rings is 1. The molecule has 13 heteroatoms. The molecule has 0 radical (unpaired) electrons. The van der Waals surface area contributed by atoms with Crippen LogP contribution in [0.3, 0.4) is 0 Å². The van der Waals surface area contributed by atoms with Crippen LogP contribution in [0.2, 0.25) is 0 Å². The third kappa shape index (κ3) is 5.59. The lowest BCUT2D eigenvalue weighted by atomic mass is 10.1. The number of rotatable bonds is 3. The van der Waals surface area contributed by atoms with E-state index in [1.54, 1.807) is 54.7 Å². The maximum atomic E-state index is 13.7. The SMILES string of the molecule is COc1ccc2cc1OCC(=O)NCc1ccc(c(OC)c1)O[C@H]1CN(C(=O)c3cnc4ccccn4c3=O)C[C@@H]1NC2=O. The van der Waals surface area contributed by atoms with E-state index in [9.17, 15) is 19.2 Å². The lowest BCUT2D eigenvalue weighted by Gasteiger charge is -2.22. The Hall–Kier alpha value is -5.59. The number of nitrogens with one attached hydrogen (secondary N) is 2. The summed E-state index contributed by atoms with van der Waals surface area (Å²) in [5, 5.41) is 5.75. The summed E-state index contributed by atoms with van der Waals surface area (Å²) in [6.07, 6.45) is 2.11. The van der Waals surface area contributed by atoms with Crippen LogP contribution in [0.15, 0.2) is 71.8 Å². The van der Waals surface area contributed by atoms with Crippen molar-refractivity contribution in [2.45, 2.75) is 18.7 Å². The summed E-state index contributed by atoms with van der Waals surface area (Å²) in [5.41, 5.74) is 0.813. The van der Waals surface area contributed by atoms with Gasteiger partial charge < -0.3 is 34.5 Å². The van der Waals surface area contributed by atoms with Crippen molar-refractivity contribution in [1.82, 2.24) is 24.9 Å². The maximum absolute atomic E-state index is 13.7. The van der Waals surface area contributed by atoms with Crippen LogP contribution in [0.1, 0.15) is 26.3 Å². The topological polar surface area (TPSA) is 150 Å². The molecule has 0 aliphatic carbocycles. The minimum absolute atomic E-state index is 0.0600. The zero-order valence-corrected chi connectivity index (χ0v) is 23.9. The molecule has 2 N–H and O–H groups in total. The first-order chi connectivity index (χ1) is 21.3. The second-order valence-electron chi connectivity index (χ2n) is 10.3. The average molecular weight is 600 g/mol. The Kier molecular flexibility index (Phi) is 7.75. The molecule has 4 aromatic rings. The Bertz CT molecular complexity index is 1820. The lowest BCUT2D eigenvalue weighted by molar-refractivity contribution is -0.123. The van der Waals surface area contributed by atoms with Crippen molar-refractivity contribution >= 4 is 23.4 Å². The van der Waals surface area contributed by atoms with Gasteiger partial charge in [0.15, 0.2) is 29.6 Å². The van der Waals surface area contributed by atoms with Crippen LogP contribution in [0.5, 0.6) is 23.0 Å². The van der Waals surface area contributed by atoms with E-state index in [0.29, 0.717) is 22.9 Å². The van der Waals surface area contributed by atoms with Crippen LogP contribution in [0.4, 0.5) is 0 Å². The highest BCUT2D eigenvalue weighted by atomic mass is 16.5. The van der Waals surface area contributed by atoms with Crippen molar-refractivity contribution in [1.29, 1.82) is 0 Å². The normalized spacial score (nSPS) is 18.4. The van der Waals surface area contributed by atoms with Crippen LogP contribution in [0.25, 0.3) is 5.65 Å². The predicted molar refractivity (Wildman–Crippen MR) is 156 cm³/mol. The Balaban J connectivity index is 1.35. The summed E-state index contributed by atoms with van der Waals surface area (Å²) < 4.78 is 24.3. The molecular weight excluding hydrogens is 570 g/mol. The summed E-state index contributed by atoms with van der Waals surface area (Å²) in [5.74, 6) is -0.0215. The first-order valence-corrected chi connectivity index (χ1v) is 13.8. The molecule has 44 heavy (non-hydrogen) atoms. The fourth-order valence-corrected chi connectivity index (χ4v) is 5.20. The van der Waals surface area contributed by atoms with Gasteiger partial charge in [-0.15, -0.1) is 0 Å². The molecule has 0 saturated carbocycles. The monoisotopic (exact) mass is 599 g/mol. The van der Waals surface area contributed by atoms with E-state index in [1.807, 2.05) is 0 Å². The molecule has 0 spiro atoms. The fourth-order valence-electron chi connectivity index (χ4n) is 5.20. The van der Waals surface area contributed by atoms with Crippen LogP contribution in [0, 0.1) is 0 Å². The van der Waals surface area contributed by atoms with Gasteiger partial charge in [0.05, 0.1) is 26.8 Å². The minimum Gasteiger partial charge on any atom is -0.493 e. The number of hydrogen-bond donors (Lipinski definition) is 2. The van der Waals surface area contributed by atoms with E-state index in [-0.39, 0.29) is 49.0 Å². The number of amides is 3. The van der Waals surface area contributed by atoms with Crippen molar-refractivity contribution in [3.8, 4) is 23.0 Å². The van der Waals surface area contributed by atoms with Gasteiger partial charge in [-0.25, -0.2) is 4.98 Å². The quantitative estimate of drug-likeness (QED) is 0.357. The third-order valence-corrected chi connectivity index (χ3v) is 7.49. The molecule has 3 aliphatic heterocycles. The van der Waals surface area contributed by atoms with E-state index in [1.165, 1.54) is 35.8 Å². The molecule has 1 saturated heterocycles. The number of hydrogen-bond acceptors (Lipinski definition) is 9. The number of methoxy groups -OCH3 is 2. The number of benzene rings is 2. The number of fused-ring (bicyclic) bond motifs is 8. The number of carbonyl (C=O) groups excluding carboxylic acids is 3. The number of ether oxygens (including phenoxy) is 4. The average Bonchev–Trinajstić information content (AvgIpc) is 3.44. The van der Waals surface area contributed by atoms with Gasteiger partial charge >= 0.3 is 0 Å². The van der Waals surface area contributed by atoms with E-state index in [2.05, 4.69) is 15.6 Å². The molecule has 0 unspecified atom stereocenters. The van der Waals surface area contributed by atoms with Crippen LogP contribution in [-0.2, 0) is 11.3 Å². The molecule has 7 rings (SSSR count). The van der Waals surface area contributed by atoms with E-state index in [4.69, 9.17) is 18.9 Å². The van der Waals surface area contributed by atoms with Crippen LogP contribution >= 0.6 is 0 Å². The highest BCUT2D eigenvalue weighted by Gasteiger charge is 2.39. The lowest BCUT2D eigenvalue weighted by Crippen LogP contribution is -2.45. The van der Waals surface area contributed by atoms with Gasteiger partial charge in [-0.3, -0.25) is 23.6 Å². The van der Waals surface area contributed by atoms with Gasteiger partial charge in [0.2, 0.25) is 0 Å². The molecule has 2 aromatic carbocycles. The first kappa shape index (κ1) is 28.5. The van der Waals surface area contributed by atoms with Crippen molar-refractivity contribution in [3.63, 3.8) is 0 Å². The molecule has 4 bridgehead atoms. The van der Waals surface area contributed by atoms with Crippen molar-refractivity contribution < 1.29 is 33.3 Å². The summed E-state index contributed by atoms with van der Waals surface area (Å²) in [7, 11) is 2.95. The molecule has 1 fully saturated rings. The number of aromatic nitrogens is 2. The first-order valence-electron chi connectivity index (χ1n) is 13.8. The van der Waals surface area contributed by atoms with Crippen molar-refractivity contribution in [2.75, 3.05) is 33.9 Å². The molecule has 226 valence electrons. The standard InChI is InChI=1S/C31H29N5O8/c1-41-22-9-7-19-12-25(22)43-17-28(37)33-13-18-6-8-23(24(11-18)42-2)44-26-16-35(15-21(26)34-29(19)38)30(39)20-14-32-27-5-3-4-10-36(27)31(20)40/h3-12,14,21,26H,13,15-17H2,1-2H3,(H,33,37)(H,34,38)/t21-,26-/m0/s1. The van der Waals surface area contributed by atoms with E-state index < -0.39 is 29.5 Å². The zero-order chi connectivity index (χ0) is 30.8. The van der Waals surface area contributed by atoms with Gasteiger partial charge in [-0.1, -0.05) is 12.1 Å². The Morgan fingerprint density at radius 2 is 1.82 bits per heavy atom. The van der Waals surface area contributed by atoms with Crippen molar-refractivity contribution in [2.24, 2.45) is 0 Å². The highest BCUT2D eigenvalue weighted by Crippen LogP contribution is 2.32. The van der Waals surface area contributed by atoms with E-state index in [0.717, 1.165) is 5.56 Å². The Morgan fingerprint density at radius 1 is 0.977 bits per heavy atom. The minimum atomic E-state index is -0.705. The molecule has 5 heterocycles. The molecule has 3 aliphatic rings. The van der Waals surface area contributed by atoms with Gasteiger partial charge in [0, 0.05) is 31.0 Å². The molecule has 13 nitrogen and oxygen atoms in total. The van der Waals surface area contributed by atoms with Gasteiger partial charge in [0.1, 0.15) is 17.3 Å². The van der Waals surface area contributed by atoms with Gasteiger partial charge in [-0.05, 0) is 48.0 Å².